The normalized spacial score (nSPS) is 35.4. The van der Waals surface area contributed by atoms with Gasteiger partial charge in [0, 0.05) is 37.8 Å². The molecule has 1 N–H and O–H groups in total. The summed E-state index contributed by atoms with van der Waals surface area (Å²) in [4.78, 5) is 34.2. The van der Waals surface area contributed by atoms with Gasteiger partial charge in [0.1, 0.15) is 11.5 Å². The Morgan fingerprint density at radius 3 is 2.52 bits per heavy atom. The van der Waals surface area contributed by atoms with Crippen molar-refractivity contribution in [2.75, 3.05) is 33.3 Å². The highest BCUT2D eigenvalue weighted by molar-refractivity contribution is 5.93. The second-order valence-electron chi connectivity index (χ2n) is 9.46. The maximum absolute atomic E-state index is 13.3. The lowest BCUT2D eigenvalue weighted by Gasteiger charge is -2.65. The molecule has 0 aliphatic carbocycles. The van der Waals surface area contributed by atoms with Crippen molar-refractivity contribution in [1.29, 1.82) is 0 Å². The first-order valence-corrected chi connectivity index (χ1v) is 10.6. The summed E-state index contributed by atoms with van der Waals surface area (Å²) in [5, 5.41) is 1.000. The molecule has 4 aliphatic rings. The predicted octanol–water partition coefficient (Wildman–Crippen LogP) is 2.93. The smallest absolute Gasteiger partial charge is 0.254 e. The van der Waals surface area contributed by atoms with Gasteiger partial charge in [-0.1, -0.05) is 26.7 Å². The van der Waals surface area contributed by atoms with Crippen molar-refractivity contribution in [3.8, 4) is 5.75 Å². The van der Waals surface area contributed by atoms with Gasteiger partial charge in [-0.25, -0.2) is 0 Å². The standard InChI is InChI=1S/C23H29N3O3/c1-4-5-8-23-13-25-11-22(2,21(23)28)12-26(14-23)20(25)17-9-15-6-7-16(29-3)10-18(15)24-19(17)27/h6-7,9-10,20H,4-5,8,11-14H2,1-3H3,(H,24,27). The molecule has 2 atom stereocenters. The average Bonchev–Trinajstić information content (AvgIpc) is 2.69. The third-order valence-electron chi connectivity index (χ3n) is 7.21. The minimum atomic E-state index is -0.322. The van der Waals surface area contributed by atoms with Crippen LogP contribution < -0.4 is 10.3 Å². The van der Waals surface area contributed by atoms with E-state index < -0.39 is 0 Å². The van der Waals surface area contributed by atoms with Crippen LogP contribution in [0.2, 0.25) is 0 Å². The number of carbonyl (C=O) groups is 1. The number of carbonyl (C=O) groups excluding carboxylic acids is 1. The maximum atomic E-state index is 13.3. The molecule has 29 heavy (non-hydrogen) atoms. The van der Waals surface area contributed by atoms with E-state index in [1.807, 2.05) is 24.3 Å². The predicted molar refractivity (Wildman–Crippen MR) is 112 cm³/mol. The highest BCUT2D eigenvalue weighted by Crippen LogP contribution is 2.53. The molecule has 6 heteroatoms. The van der Waals surface area contributed by atoms with E-state index in [1.165, 1.54) is 0 Å². The summed E-state index contributed by atoms with van der Waals surface area (Å²) < 4.78 is 5.28. The first kappa shape index (κ1) is 18.8. The van der Waals surface area contributed by atoms with Crippen molar-refractivity contribution < 1.29 is 9.53 Å². The molecule has 1 aromatic carbocycles. The third-order valence-corrected chi connectivity index (χ3v) is 7.21. The zero-order chi connectivity index (χ0) is 20.4. The molecule has 4 bridgehead atoms. The van der Waals surface area contributed by atoms with Crippen LogP contribution in [0.15, 0.2) is 29.1 Å². The minimum Gasteiger partial charge on any atom is -0.497 e. The summed E-state index contributed by atoms with van der Waals surface area (Å²) in [6, 6.07) is 7.78. The molecular formula is C23H29N3O3. The van der Waals surface area contributed by atoms with Crippen molar-refractivity contribution in [1.82, 2.24) is 14.8 Å². The lowest BCUT2D eigenvalue weighted by atomic mass is 9.59. The van der Waals surface area contributed by atoms with Crippen LogP contribution in [0.5, 0.6) is 5.75 Å². The SMILES string of the molecule is CCCCC12CN3CC(C)(CN(C1)C3c1cc3ccc(OC)cc3[nH]c1=O)C2=O. The van der Waals surface area contributed by atoms with Crippen LogP contribution in [0, 0.1) is 10.8 Å². The number of pyridine rings is 1. The van der Waals surface area contributed by atoms with Crippen LogP contribution in [0.3, 0.4) is 0 Å². The van der Waals surface area contributed by atoms with Crippen molar-refractivity contribution in [2.45, 2.75) is 39.3 Å². The number of H-pyrrole nitrogens is 1. The Balaban J connectivity index is 1.55. The highest BCUT2D eigenvalue weighted by Gasteiger charge is 2.63. The molecule has 6 rings (SSSR count). The van der Waals surface area contributed by atoms with E-state index in [-0.39, 0.29) is 22.6 Å². The first-order chi connectivity index (χ1) is 13.9. The lowest BCUT2D eigenvalue weighted by molar-refractivity contribution is -0.201. The molecule has 4 fully saturated rings. The molecule has 5 heterocycles. The fourth-order valence-electron chi connectivity index (χ4n) is 6.09. The van der Waals surface area contributed by atoms with Gasteiger partial charge in [-0.05, 0) is 30.0 Å². The second-order valence-corrected chi connectivity index (χ2v) is 9.46. The molecule has 154 valence electrons. The number of nitrogens with zero attached hydrogens (tertiary/aromatic N) is 2. The average molecular weight is 396 g/mol. The molecular weight excluding hydrogens is 366 g/mol. The summed E-state index contributed by atoms with van der Waals surface area (Å²) in [5.41, 5.74) is 0.922. The quantitative estimate of drug-likeness (QED) is 0.843. The first-order valence-electron chi connectivity index (χ1n) is 10.6. The van der Waals surface area contributed by atoms with Gasteiger partial charge < -0.3 is 9.72 Å². The number of piperidine rings is 2. The fraction of sp³-hybridized carbons (Fsp3) is 0.565. The molecule has 0 spiro atoms. The molecule has 4 aliphatic heterocycles. The number of benzene rings is 1. The van der Waals surface area contributed by atoms with E-state index >= 15 is 0 Å². The lowest BCUT2D eigenvalue weighted by Crippen LogP contribution is -2.76. The maximum Gasteiger partial charge on any atom is 0.254 e. The topological polar surface area (TPSA) is 65.6 Å². The summed E-state index contributed by atoms with van der Waals surface area (Å²) in [6.45, 7) is 7.30. The Hall–Kier alpha value is -2.18. The molecule has 0 saturated carbocycles. The highest BCUT2D eigenvalue weighted by atomic mass is 16.5. The van der Waals surface area contributed by atoms with Crippen LogP contribution in [-0.2, 0) is 4.79 Å². The number of Topliss-reactive ketones (excluding diaryl/α,β-unsaturated/α-hetero) is 1. The van der Waals surface area contributed by atoms with Crippen LogP contribution in [0.1, 0.15) is 44.8 Å². The molecule has 6 nitrogen and oxygen atoms in total. The van der Waals surface area contributed by atoms with Gasteiger partial charge in [-0.15, -0.1) is 0 Å². The Labute approximate surface area is 170 Å². The molecule has 4 saturated heterocycles. The number of ether oxygens (including phenoxy) is 1. The summed E-state index contributed by atoms with van der Waals surface area (Å²) in [5.74, 6) is 1.18. The van der Waals surface area contributed by atoms with Gasteiger partial charge in [-0.3, -0.25) is 19.4 Å². The number of methoxy groups -OCH3 is 1. The number of ketones is 1. The van der Waals surface area contributed by atoms with E-state index in [1.54, 1.807) is 7.11 Å². The van der Waals surface area contributed by atoms with Gasteiger partial charge in [0.25, 0.3) is 5.56 Å². The van der Waals surface area contributed by atoms with E-state index in [0.29, 0.717) is 5.78 Å². The van der Waals surface area contributed by atoms with Crippen molar-refractivity contribution in [3.05, 3.63) is 40.2 Å². The zero-order valence-electron chi connectivity index (χ0n) is 17.5. The number of hydrogen-bond acceptors (Lipinski definition) is 5. The fourth-order valence-corrected chi connectivity index (χ4v) is 6.09. The van der Waals surface area contributed by atoms with Gasteiger partial charge in [-0.2, -0.15) is 0 Å². The summed E-state index contributed by atoms with van der Waals surface area (Å²) >= 11 is 0. The van der Waals surface area contributed by atoms with E-state index in [9.17, 15) is 9.59 Å². The Kier molecular flexibility index (Phi) is 4.16. The molecule has 1 aromatic heterocycles. The number of rotatable bonds is 5. The second kappa shape index (κ2) is 6.41. The van der Waals surface area contributed by atoms with Crippen molar-refractivity contribution >= 4 is 16.7 Å². The van der Waals surface area contributed by atoms with Gasteiger partial charge in [0.15, 0.2) is 0 Å². The summed E-state index contributed by atoms with van der Waals surface area (Å²) in [6.07, 6.45) is 3.07. The molecule has 2 unspecified atom stereocenters. The van der Waals surface area contributed by atoms with Crippen molar-refractivity contribution in [2.24, 2.45) is 10.8 Å². The van der Waals surface area contributed by atoms with E-state index in [2.05, 4.69) is 28.6 Å². The third kappa shape index (κ3) is 2.69. The van der Waals surface area contributed by atoms with Crippen LogP contribution in [-0.4, -0.2) is 53.9 Å². The van der Waals surface area contributed by atoms with Crippen LogP contribution >= 0.6 is 0 Å². The van der Waals surface area contributed by atoms with E-state index in [4.69, 9.17) is 4.74 Å². The number of fused-ring (bicyclic) bond motifs is 1. The largest absolute Gasteiger partial charge is 0.497 e. The molecule has 2 aromatic rings. The van der Waals surface area contributed by atoms with Crippen molar-refractivity contribution in [3.63, 3.8) is 0 Å². The Bertz CT molecular complexity index is 1030. The number of nitrogens with one attached hydrogen (secondary N) is 1. The number of aromatic amines is 1. The van der Waals surface area contributed by atoms with Gasteiger partial charge in [0.2, 0.25) is 0 Å². The Morgan fingerprint density at radius 2 is 1.86 bits per heavy atom. The van der Waals surface area contributed by atoms with E-state index in [0.717, 1.165) is 67.7 Å². The Morgan fingerprint density at radius 1 is 1.14 bits per heavy atom. The minimum absolute atomic E-state index is 0.0534. The number of aromatic nitrogens is 1. The number of hydrogen-bond donors (Lipinski definition) is 1. The molecule has 0 radical (unpaired) electrons. The van der Waals surface area contributed by atoms with Crippen LogP contribution in [0.4, 0.5) is 0 Å². The monoisotopic (exact) mass is 395 g/mol. The van der Waals surface area contributed by atoms with Gasteiger partial charge in [0.05, 0.1) is 29.6 Å². The number of unbranched alkanes of at least 4 members (excludes halogenated alkanes) is 1. The molecule has 0 amide bonds. The summed E-state index contributed by atoms with van der Waals surface area (Å²) in [7, 11) is 1.62. The zero-order valence-corrected chi connectivity index (χ0v) is 17.5. The van der Waals surface area contributed by atoms with Crippen LogP contribution in [0.25, 0.3) is 10.9 Å². The van der Waals surface area contributed by atoms with Gasteiger partial charge >= 0.3 is 0 Å².